The minimum atomic E-state index is -1.12. The Kier molecular flexibility index (Phi) is 4.83. The number of hydrogen-bond acceptors (Lipinski definition) is 5. The van der Waals surface area contributed by atoms with E-state index in [1.54, 1.807) is 12.5 Å². The van der Waals surface area contributed by atoms with Crippen molar-refractivity contribution in [3.8, 4) is 0 Å². The van der Waals surface area contributed by atoms with E-state index in [2.05, 4.69) is 15.3 Å². The highest BCUT2D eigenvalue weighted by Gasteiger charge is 2.13. The minimum absolute atomic E-state index is 0.0970. The summed E-state index contributed by atoms with van der Waals surface area (Å²) in [6, 6.07) is 0. The van der Waals surface area contributed by atoms with Crippen LogP contribution in [0, 0.1) is 0 Å². The number of nitrogens with zero attached hydrogens (tertiary/aromatic N) is 3. The van der Waals surface area contributed by atoms with Crippen LogP contribution in [0.25, 0.3) is 0 Å². The van der Waals surface area contributed by atoms with Crippen LogP contribution in [0.3, 0.4) is 0 Å². The molecule has 0 aliphatic carbocycles. The molecular weight excluding hydrogens is 280 g/mol. The van der Waals surface area contributed by atoms with Crippen LogP contribution >= 0.6 is 11.3 Å². The fourth-order valence-corrected chi connectivity index (χ4v) is 2.30. The van der Waals surface area contributed by atoms with E-state index in [0.29, 0.717) is 6.54 Å². The zero-order valence-corrected chi connectivity index (χ0v) is 11.5. The van der Waals surface area contributed by atoms with Crippen LogP contribution in [-0.4, -0.2) is 38.1 Å². The summed E-state index contributed by atoms with van der Waals surface area (Å²) in [6.07, 6.45) is 7.13. The highest BCUT2D eigenvalue weighted by molar-refractivity contribution is 7.11. The molecule has 0 bridgehead atoms. The van der Waals surface area contributed by atoms with E-state index in [1.807, 2.05) is 10.8 Å². The van der Waals surface area contributed by atoms with Crippen molar-refractivity contribution in [2.24, 2.45) is 0 Å². The molecule has 0 unspecified atom stereocenters. The normalized spacial score (nSPS) is 10.4. The molecule has 0 aliphatic rings. The van der Waals surface area contributed by atoms with E-state index in [-0.39, 0.29) is 16.6 Å². The summed E-state index contributed by atoms with van der Waals surface area (Å²) in [5.41, 5.74) is -0.0970. The number of aromatic nitrogens is 3. The van der Waals surface area contributed by atoms with Crippen LogP contribution in [0.5, 0.6) is 0 Å². The fraction of sp³-hybridized carbons (Fsp3) is 0.333. The zero-order chi connectivity index (χ0) is 14.4. The molecule has 0 aromatic carbocycles. The van der Waals surface area contributed by atoms with Gasteiger partial charge in [0.25, 0.3) is 5.91 Å². The van der Waals surface area contributed by atoms with Gasteiger partial charge in [0.2, 0.25) is 0 Å². The van der Waals surface area contributed by atoms with Crippen LogP contribution in [0.15, 0.2) is 24.1 Å². The topological polar surface area (TPSA) is 97.1 Å². The number of aryl methyl sites for hydroxylation is 1. The van der Waals surface area contributed by atoms with Gasteiger partial charge < -0.3 is 15.0 Å². The predicted octanol–water partition coefficient (Wildman–Crippen LogP) is 1.25. The van der Waals surface area contributed by atoms with Gasteiger partial charge in [0.05, 0.1) is 6.33 Å². The van der Waals surface area contributed by atoms with Crippen LogP contribution in [0.2, 0.25) is 0 Å². The van der Waals surface area contributed by atoms with Crippen molar-refractivity contribution in [3.63, 3.8) is 0 Å². The first-order chi connectivity index (χ1) is 9.66. The molecule has 0 fully saturated rings. The first-order valence-electron chi connectivity index (χ1n) is 6.09. The van der Waals surface area contributed by atoms with E-state index in [0.717, 1.165) is 30.7 Å². The Morgan fingerprint density at radius 1 is 1.40 bits per heavy atom. The summed E-state index contributed by atoms with van der Waals surface area (Å²) in [7, 11) is 0. The van der Waals surface area contributed by atoms with Gasteiger partial charge in [-0.25, -0.2) is 14.8 Å². The lowest BCUT2D eigenvalue weighted by Crippen LogP contribution is -2.24. The lowest BCUT2D eigenvalue weighted by atomic mass is 10.3. The quantitative estimate of drug-likeness (QED) is 0.749. The van der Waals surface area contributed by atoms with E-state index >= 15 is 0 Å². The second-order valence-electron chi connectivity index (χ2n) is 4.11. The lowest BCUT2D eigenvalue weighted by Gasteiger charge is -2.03. The number of carbonyl (C=O) groups is 2. The summed E-state index contributed by atoms with van der Waals surface area (Å²) < 4.78 is 1.97. The molecule has 20 heavy (non-hydrogen) atoms. The number of carbonyl (C=O) groups excluding carboxylic acids is 1. The van der Waals surface area contributed by atoms with E-state index in [9.17, 15) is 9.59 Å². The second kappa shape index (κ2) is 6.80. The van der Waals surface area contributed by atoms with Crippen molar-refractivity contribution in [2.75, 3.05) is 6.54 Å². The van der Waals surface area contributed by atoms with Crippen LogP contribution in [-0.2, 0) is 6.54 Å². The Hall–Kier alpha value is -2.22. The number of amides is 1. The van der Waals surface area contributed by atoms with Crippen LogP contribution < -0.4 is 5.32 Å². The second-order valence-corrected chi connectivity index (χ2v) is 4.96. The van der Waals surface area contributed by atoms with E-state index in [4.69, 9.17) is 5.11 Å². The van der Waals surface area contributed by atoms with E-state index in [1.165, 1.54) is 5.38 Å². The number of rotatable bonds is 7. The molecule has 2 aromatic heterocycles. The molecule has 2 rings (SSSR count). The van der Waals surface area contributed by atoms with Crippen LogP contribution in [0.1, 0.15) is 33.1 Å². The molecular formula is C12H14N4O3S. The highest BCUT2D eigenvalue weighted by Crippen LogP contribution is 2.09. The lowest BCUT2D eigenvalue weighted by molar-refractivity contribution is 0.0691. The summed E-state index contributed by atoms with van der Waals surface area (Å²) in [6.45, 7) is 1.39. The van der Waals surface area contributed by atoms with Gasteiger partial charge in [-0.05, 0) is 12.8 Å². The Bertz CT molecular complexity index is 579. The number of thiazole rings is 1. The van der Waals surface area contributed by atoms with Crippen molar-refractivity contribution in [1.82, 2.24) is 19.9 Å². The minimum Gasteiger partial charge on any atom is -0.476 e. The summed E-state index contributed by atoms with van der Waals surface area (Å²) in [5.74, 6) is -1.45. The average Bonchev–Trinajstić information content (AvgIpc) is 3.09. The number of aromatic carboxylic acids is 1. The van der Waals surface area contributed by atoms with Crippen molar-refractivity contribution < 1.29 is 14.7 Å². The Morgan fingerprint density at radius 2 is 2.25 bits per heavy atom. The average molecular weight is 294 g/mol. The molecule has 0 atom stereocenters. The monoisotopic (exact) mass is 294 g/mol. The first kappa shape index (κ1) is 14.2. The largest absolute Gasteiger partial charge is 0.476 e. The standard InChI is InChI=1S/C12H14N4O3S/c17-10(11-15-9(7-20-11)12(18)19)14-3-1-2-5-16-6-4-13-8-16/h4,6-8H,1-3,5H2,(H,14,17)(H,18,19). The van der Waals surface area contributed by atoms with Gasteiger partial charge in [0.1, 0.15) is 0 Å². The molecule has 1 amide bonds. The molecule has 0 saturated heterocycles. The van der Waals surface area contributed by atoms with Gasteiger partial charge in [-0.3, -0.25) is 4.79 Å². The number of hydrogen-bond donors (Lipinski definition) is 2. The van der Waals surface area contributed by atoms with Crippen molar-refractivity contribution in [2.45, 2.75) is 19.4 Å². The van der Waals surface area contributed by atoms with Crippen molar-refractivity contribution >= 4 is 23.2 Å². The Morgan fingerprint density at radius 3 is 2.90 bits per heavy atom. The van der Waals surface area contributed by atoms with Crippen LogP contribution in [0.4, 0.5) is 0 Å². The number of carboxylic acids is 1. The molecule has 2 heterocycles. The molecule has 106 valence electrons. The maximum atomic E-state index is 11.7. The van der Waals surface area contributed by atoms with Crippen molar-refractivity contribution in [1.29, 1.82) is 0 Å². The molecule has 7 nitrogen and oxygen atoms in total. The predicted molar refractivity (Wildman–Crippen MR) is 72.9 cm³/mol. The molecule has 2 aromatic rings. The molecule has 0 radical (unpaired) electrons. The Labute approximate surface area is 119 Å². The molecule has 0 saturated carbocycles. The van der Waals surface area contributed by atoms with Gasteiger partial charge in [0, 0.05) is 30.9 Å². The Balaban J connectivity index is 1.68. The third-order valence-electron chi connectivity index (χ3n) is 2.61. The van der Waals surface area contributed by atoms with Crippen molar-refractivity contribution in [3.05, 3.63) is 34.8 Å². The summed E-state index contributed by atoms with van der Waals surface area (Å²) >= 11 is 1.03. The zero-order valence-electron chi connectivity index (χ0n) is 10.7. The maximum absolute atomic E-state index is 11.7. The van der Waals surface area contributed by atoms with Gasteiger partial charge >= 0.3 is 5.97 Å². The molecule has 8 heteroatoms. The maximum Gasteiger partial charge on any atom is 0.355 e. The smallest absolute Gasteiger partial charge is 0.355 e. The van der Waals surface area contributed by atoms with Gasteiger partial charge in [-0.15, -0.1) is 11.3 Å². The fourth-order valence-electron chi connectivity index (χ4n) is 1.59. The highest BCUT2D eigenvalue weighted by atomic mass is 32.1. The number of nitrogens with one attached hydrogen (secondary N) is 1. The van der Waals surface area contributed by atoms with Gasteiger partial charge in [-0.1, -0.05) is 0 Å². The molecule has 0 spiro atoms. The number of carboxylic acid groups (broad SMARTS) is 1. The third-order valence-corrected chi connectivity index (χ3v) is 3.45. The molecule has 2 N–H and O–H groups in total. The molecule has 0 aliphatic heterocycles. The third kappa shape index (κ3) is 3.89. The SMILES string of the molecule is O=C(O)c1csc(C(=O)NCCCCn2ccnc2)n1. The summed E-state index contributed by atoms with van der Waals surface area (Å²) in [4.78, 5) is 30.0. The number of imidazole rings is 1. The van der Waals surface area contributed by atoms with E-state index < -0.39 is 5.97 Å². The summed E-state index contributed by atoms with van der Waals surface area (Å²) in [5, 5.41) is 13.0. The number of unbranched alkanes of at least 4 members (excludes halogenated alkanes) is 1. The van der Waals surface area contributed by atoms with Gasteiger partial charge in [0.15, 0.2) is 10.7 Å². The van der Waals surface area contributed by atoms with Gasteiger partial charge in [-0.2, -0.15) is 0 Å². The first-order valence-corrected chi connectivity index (χ1v) is 6.97.